The van der Waals surface area contributed by atoms with Gasteiger partial charge < -0.3 is 4.74 Å². The van der Waals surface area contributed by atoms with Gasteiger partial charge in [0, 0.05) is 0 Å². The summed E-state index contributed by atoms with van der Waals surface area (Å²) in [5.41, 5.74) is 0.499. The maximum Gasteiger partial charge on any atom is 0.320 e. The first-order valence-electron chi connectivity index (χ1n) is 6.28. The summed E-state index contributed by atoms with van der Waals surface area (Å²) in [7, 11) is 0. The number of benzene rings is 1. The highest BCUT2D eigenvalue weighted by Gasteiger charge is 2.28. The minimum Gasteiger partial charge on any atom is -0.465 e. The second-order valence-corrected chi connectivity index (χ2v) is 5.23. The van der Waals surface area contributed by atoms with E-state index >= 15 is 0 Å². The lowest BCUT2D eigenvalue weighted by atomic mass is 10.00. The number of aromatic nitrogens is 4. The van der Waals surface area contributed by atoms with E-state index < -0.39 is 17.7 Å². The average molecular weight is 306 g/mol. The Balaban J connectivity index is 2.07. The van der Waals surface area contributed by atoms with Gasteiger partial charge >= 0.3 is 5.97 Å². The summed E-state index contributed by atoms with van der Waals surface area (Å²) in [5, 5.41) is 12.4. The standard InChI is InChI=1S/C13H11FN4O2S/c1-2-20-12(19)10(8-4-3-5-9(14)6-8)11-17-18-7-15-16-13(18)21-11/h3-7,10H,2H2,1H3. The molecule has 0 bridgehead atoms. The Kier molecular flexibility index (Phi) is 3.61. The van der Waals surface area contributed by atoms with Crippen molar-refractivity contribution in [2.24, 2.45) is 0 Å². The van der Waals surface area contributed by atoms with Crippen LogP contribution in [0.15, 0.2) is 30.6 Å². The van der Waals surface area contributed by atoms with Gasteiger partial charge in [0.1, 0.15) is 23.1 Å². The molecule has 6 nitrogen and oxygen atoms in total. The summed E-state index contributed by atoms with van der Waals surface area (Å²) in [6, 6.07) is 5.86. The van der Waals surface area contributed by atoms with Crippen molar-refractivity contribution in [2.75, 3.05) is 6.61 Å². The van der Waals surface area contributed by atoms with Crippen LogP contribution in [0.25, 0.3) is 4.96 Å². The SMILES string of the molecule is CCOC(=O)C(c1cccc(F)c1)c1nn2cnnc2s1. The van der Waals surface area contributed by atoms with Crippen LogP contribution in [0.3, 0.4) is 0 Å². The number of nitrogens with zero attached hydrogens (tertiary/aromatic N) is 4. The van der Waals surface area contributed by atoms with E-state index in [9.17, 15) is 9.18 Å². The Hall–Kier alpha value is -2.35. The highest BCUT2D eigenvalue weighted by Crippen LogP contribution is 2.29. The lowest BCUT2D eigenvalue weighted by molar-refractivity contribution is -0.143. The summed E-state index contributed by atoms with van der Waals surface area (Å²) < 4.78 is 20.0. The third-order valence-electron chi connectivity index (χ3n) is 2.85. The third kappa shape index (κ3) is 2.62. The first kappa shape index (κ1) is 13.6. The molecule has 0 aliphatic carbocycles. The normalized spacial score (nSPS) is 12.5. The van der Waals surface area contributed by atoms with Crippen molar-refractivity contribution in [3.63, 3.8) is 0 Å². The highest BCUT2D eigenvalue weighted by atomic mass is 32.1. The first-order chi connectivity index (χ1) is 10.2. The molecule has 1 aromatic carbocycles. The van der Waals surface area contributed by atoms with Crippen molar-refractivity contribution in [3.05, 3.63) is 47.0 Å². The molecule has 2 aromatic heterocycles. The summed E-state index contributed by atoms with van der Waals surface area (Å²) in [6.45, 7) is 1.97. The maximum atomic E-state index is 13.4. The minimum absolute atomic E-state index is 0.245. The van der Waals surface area contributed by atoms with Crippen LogP contribution >= 0.6 is 11.3 Å². The molecule has 0 amide bonds. The zero-order chi connectivity index (χ0) is 14.8. The fraction of sp³-hybridized carbons (Fsp3) is 0.231. The van der Waals surface area contributed by atoms with Gasteiger partial charge in [-0.05, 0) is 24.6 Å². The lowest BCUT2D eigenvalue weighted by Crippen LogP contribution is -2.17. The van der Waals surface area contributed by atoms with Gasteiger partial charge in [-0.15, -0.1) is 10.2 Å². The number of carbonyl (C=O) groups is 1. The molecule has 0 N–H and O–H groups in total. The predicted octanol–water partition coefficient (Wildman–Crippen LogP) is 2.02. The Labute approximate surface area is 123 Å². The van der Waals surface area contributed by atoms with E-state index in [0.717, 1.165) is 0 Å². The van der Waals surface area contributed by atoms with Crippen molar-refractivity contribution >= 4 is 22.3 Å². The topological polar surface area (TPSA) is 69.4 Å². The van der Waals surface area contributed by atoms with Gasteiger partial charge in [-0.2, -0.15) is 9.61 Å². The second-order valence-electron chi connectivity index (χ2n) is 4.24. The van der Waals surface area contributed by atoms with Crippen LogP contribution in [0.4, 0.5) is 4.39 Å². The molecule has 0 spiro atoms. The number of rotatable bonds is 4. The van der Waals surface area contributed by atoms with Gasteiger partial charge in [0.2, 0.25) is 4.96 Å². The number of ether oxygens (including phenoxy) is 1. The highest BCUT2D eigenvalue weighted by molar-refractivity contribution is 7.16. The summed E-state index contributed by atoms with van der Waals surface area (Å²) in [6.07, 6.45) is 1.45. The quantitative estimate of drug-likeness (QED) is 0.690. The molecular formula is C13H11FN4O2S. The van der Waals surface area contributed by atoms with E-state index in [4.69, 9.17) is 4.74 Å². The molecule has 3 aromatic rings. The molecule has 0 fully saturated rings. The molecule has 8 heteroatoms. The fourth-order valence-electron chi connectivity index (χ4n) is 1.98. The number of hydrogen-bond donors (Lipinski definition) is 0. The van der Waals surface area contributed by atoms with Crippen molar-refractivity contribution in [3.8, 4) is 0 Å². The molecule has 0 saturated carbocycles. The smallest absolute Gasteiger partial charge is 0.320 e. The van der Waals surface area contributed by atoms with Gasteiger partial charge in [-0.25, -0.2) is 4.39 Å². The lowest BCUT2D eigenvalue weighted by Gasteiger charge is -2.13. The summed E-state index contributed by atoms with van der Waals surface area (Å²) in [5.74, 6) is -1.65. The summed E-state index contributed by atoms with van der Waals surface area (Å²) in [4.78, 5) is 12.8. The van der Waals surface area contributed by atoms with Crippen LogP contribution < -0.4 is 0 Å². The van der Waals surface area contributed by atoms with Crippen LogP contribution in [0.2, 0.25) is 0 Å². The Morgan fingerprint density at radius 2 is 2.38 bits per heavy atom. The molecule has 108 valence electrons. The minimum atomic E-state index is -0.771. The van der Waals surface area contributed by atoms with E-state index in [-0.39, 0.29) is 6.61 Å². The van der Waals surface area contributed by atoms with Crippen LogP contribution in [-0.4, -0.2) is 32.4 Å². The van der Waals surface area contributed by atoms with Gasteiger partial charge in [0.15, 0.2) is 0 Å². The maximum absolute atomic E-state index is 13.4. The molecule has 0 saturated heterocycles. The van der Waals surface area contributed by atoms with Crippen molar-refractivity contribution < 1.29 is 13.9 Å². The monoisotopic (exact) mass is 306 g/mol. The largest absolute Gasteiger partial charge is 0.465 e. The molecule has 1 unspecified atom stereocenters. The summed E-state index contributed by atoms with van der Waals surface area (Å²) >= 11 is 1.22. The van der Waals surface area contributed by atoms with Gasteiger partial charge in [0.05, 0.1) is 6.61 Å². The number of esters is 1. The molecular weight excluding hydrogens is 295 g/mol. The number of carbonyl (C=O) groups excluding carboxylic acids is 1. The number of fused-ring (bicyclic) bond motifs is 1. The Morgan fingerprint density at radius 3 is 3.10 bits per heavy atom. The van der Waals surface area contributed by atoms with Gasteiger partial charge in [0.25, 0.3) is 0 Å². The number of halogens is 1. The fourth-order valence-corrected chi connectivity index (χ4v) is 2.92. The van der Waals surface area contributed by atoms with Crippen LogP contribution in [0, 0.1) is 5.82 Å². The number of hydrogen-bond acceptors (Lipinski definition) is 6. The van der Waals surface area contributed by atoms with E-state index in [1.165, 1.54) is 34.3 Å². The first-order valence-corrected chi connectivity index (χ1v) is 7.09. The molecule has 0 aliphatic heterocycles. The van der Waals surface area contributed by atoms with Gasteiger partial charge in [-0.1, -0.05) is 23.5 Å². The molecule has 0 aliphatic rings. The third-order valence-corrected chi connectivity index (χ3v) is 3.83. The average Bonchev–Trinajstić information content (AvgIpc) is 3.00. The molecule has 1 atom stereocenters. The van der Waals surface area contributed by atoms with E-state index in [2.05, 4.69) is 15.3 Å². The van der Waals surface area contributed by atoms with Crippen molar-refractivity contribution in [1.29, 1.82) is 0 Å². The zero-order valence-corrected chi connectivity index (χ0v) is 11.9. The van der Waals surface area contributed by atoms with E-state index in [0.29, 0.717) is 15.5 Å². The molecule has 0 radical (unpaired) electrons. The molecule has 21 heavy (non-hydrogen) atoms. The van der Waals surface area contributed by atoms with Crippen molar-refractivity contribution in [1.82, 2.24) is 19.8 Å². The van der Waals surface area contributed by atoms with Crippen LogP contribution in [-0.2, 0) is 9.53 Å². The predicted molar refractivity (Wildman–Crippen MR) is 73.5 cm³/mol. The van der Waals surface area contributed by atoms with Crippen molar-refractivity contribution in [2.45, 2.75) is 12.8 Å². The Morgan fingerprint density at radius 1 is 1.52 bits per heavy atom. The molecule has 3 rings (SSSR count). The second kappa shape index (κ2) is 5.57. The van der Waals surface area contributed by atoms with E-state index in [1.54, 1.807) is 19.1 Å². The zero-order valence-electron chi connectivity index (χ0n) is 11.1. The molecule has 2 heterocycles. The van der Waals surface area contributed by atoms with Crippen LogP contribution in [0.5, 0.6) is 0 Å². The van der Waals surface area contributed by atoms with Crippen LogP contribution in [0.1, 0.15) is 23.4 Å². The van der Waals surface area contributed by atoms with E-state index in [1.807, 2.05) is 0 Å². The Bertz CT molecular complexity index is 757. The van der Waals surface area contributed by atoms with Gasteiger partial charge in [-0.3, -0.25) is 4.79 Å².